The summed E-state index contributed by atoms with van der Waals surface area (Å²) in [7, 11) is 0. The van der Waals surface area contributed by atoms with Crippen LogP contribution in [-0.4, -0.2) is 22.3 Å². The van der Waals surface area contributed by atoms with Crippen LogP contribution in [0.1, 0.15) is 189 Å². The van der Waals surface area contributed by atoms with Gasteiger partial charge in [0.15, 0.2) is 0 Å². The Labute approximate surface area is 285 Å². The van der Waals surface area contributed by atoms with Crippen LogP contribution in [0.2, 0.25) is 0 Å². The standard InChI is InChI=1S/C27H46O.C16H30O2/c1-18(2)7-6-8-19(3)23-11-12-24-22-10-9-20-17-21(28)13-15-26(20,4)25(22)14-16-27(23,24)5;1-2-3-4-5-6-7-8-9-10-11-12-13-14-15-16(17)18/h9,18-19,21-25,28H,6-8,10-17H2,1-5H3;7-8H,2-6,9-15H2,1H3,(H,17,18)/t19-,21+,22+,23-,24+,25+,26+,27-;/m1./s1. The highest BCUT2D eigenvalue weighted by Gasteiger charge is 2.59. The number of rotatable bonds is 18. The number of hydrogen-bond acceptors (Lipinski definition) is 2. The van der Waals surface area contributed by atoms with Gasteiger partial charge in [0.05, 0.1) is 6.10 Å². The van der Waals surface area contributed by atoms with Crippen LogP contribution in [0.3, 0.4) is 0 Å². The van der Waals surface area contributed by atoms with Crippen LogP contribution in [0.15, 0.2) is 23.8 Å². The molecule has 3 fully saturated rings. The summed E-state index contributed by atoms with van der Waals surface area (Å²) in [5.74, 6) is 4.79. The molecule has 3 nitrogen and oxygen atoms in total. The average Bonchev–Trinajstić information content (AvgIpc) is 3.37. The van der Waals surface area contributed by atoms with Gasteiger partial charge in [-0.2, -0.15) is 0 Å². The number of fused-ring (bicyclic) bond motifs is 5. The molecule has 0 radical (unpaired) electrons. The Morgan fingerprint density at radius 2 is 1.52 bits per heavy atom. The van der Waals surface area contributed by atoms with Crippen LogP contribution in [0.25, 0.3) is 0 Å². The van der Waals surface area contributed by atoms with Gasteiger partial charge in [-0.25, -0.2) is 0 Å². The van der Waals surface area contributed by atoms with Crippen LogP contribution in [0, 0.1) is 46.3 Å². The Bertz CT molecular complexity index is 934. The topological polar surface area (TPSA) is 57.5 Å². The Kier molecular flexibility index (Phi) is 16.9. The van der Waals surface area contributed by atoms with Gasteiger partial charge in [0, 0.05) is 6.42 Å². The number of carboxylic acid groups (broad SMARTS) is 1. The molecule has 266 valence electrons. The molecule has 0 amide bonds. The highest BCUT2D eigenvalue weighted by atomic mass is 16.4. The molecular formula is C43H76O3. The van der Waals surface area contributed by atoms with Gasteiger partial charge < -0.3 is 10.2 Å². The third-order valence-electron chi connectivity index (χ3n) is 13.4. The second kappa shape index (κ2) is 19.8. The first-order valence-electron chi connectivity index (χ1n) is 20.3. The Morgan fingerprint density at radius 1 is 0.848 bits per heavy atom. The van der Waals surface area contributed by atoms with E-state index in [9.17, 15) is 9.90 Å². The number of unbranched alkanes of at least 4 members (excludes halogenated alkanes) is 9. The third kappa shape index (κ3) is 11.2. The van der Waals surface area contributed by atoms with Gasteiger partial charge in [-0.05, 0) is 130 Å². The maximum atomic E-state index is 10.3. The minimum absolute atomic E-state index is 0.0766. The SMILES string of the molecule is CC(C)CCC[C@@H](C)[C@H]1CC[C@H]2[C@@H]3CC=C4C[C@@H](O)CC[C@]4(C)[C@H]3CC[C@]12C.CCCCCCC=CCCCCCCCC(=O)O. The van der Waals surface area contributed by atoms with Gasteiger partial charge in [-0.3, -0.25) is 4.79 Å². The average molecular weight is 641 g/mol. The van der Waals surface area contributed by atoms with Gasteiger partial charge in [-0.1, -0.05) is 123 Å². The Balaban J connectivity index is 0.000000280. The maximum absolute atomic E-state index is 10.3. The molecule has 0 aromatic carbocycles. The van der Waals surface area contributed by atoms with Crippen molar-refractivity contribution in [2.45, 2.75) is 195 Å². The first kappa shape index (κ1) is 39.3. The van der Waals surface area contributed by atoms with Crippen LogP contribution >= 0.6 is 0 Å². The number of aliphatic hydroxyl groups is 1. The first-order chi connectivity index (χ1) is 22.0. The van der Waals surface area contributed by atoms with E-state index in [1.165, 1.54) is 116 Å². The van der Waals surface area contributed by atoms with Gasteiger partial charge in [-0.15, -0.1) is 0 Å². The summed E-state index contributed by atoms with van der Waals surface area (Å²) < 4.78 is 0. The number of carbonyl (C=O) groups is 1. The fourth-order valence-electron chi connectivity index (χ4n) is 10.7. The molecule has 8 atom stereocenters. The van der Waals surface area contributed by atoms with Crippen LogP contribution < -0.4 is 0 Å². The minimum atomic E-state index is -0.666. The molecule has 0 heterocycles. The van der Waals surface area contributed by atoms with Crippen molar-refractivity contribution in [2.24, 2.45) is 46.3 Å². The monoisotopic (exact) mass is 641 g/mol. The number of allylic oxidation sites excluding steroid dienone is 3. The molecule has 46 heavy (non-hydrogen) atoms. The maximum Gasteiger partial charge on any atom is 0.303 e. The summed E-state index contributed by atoms with van der Waals surface area (Å²) in [6.07, 6.45) is 35.5. The Morgan fingerprint density at radius 3 is 2.20 bits per heavy atom. The molecule has 0 aromatic heterocycles. The van der Waals surface area contributed by atoms with Crippen LogP contribution in [0.4, 0.5) is 0 Å². The smallest absolute Gasteiger partial charge is 0.303 e. The zero-order valence-electron chi connectivity index (χ0n) is 31.3. The first-order valence-corrected chi connectivity index (χ1v) is 20.3. The second-order valence-electron chi connectivity index (χ2n) is 17.2. The van der Waals surface area contributed by atoms with Crippen LogP contribution in [-0.2, 0) is 4.79 Å². The lowest BCUT2D eigenvalue weighted by Gasteiger charge is -2.58. The lowest BCUT2D eigenvalue weighted by atomic mass is 9.47. The van der Waals surface area contributed by atoms with Crippen molar-refractivity contribution in [1.29, 1.82) is 0 Å². The molecule has 0 aromatic rings. The summed E-state index contributed by atoms with van der Waals surface area (Å²) in [5, 5.41) is 18.7. The Hall–Kier alpha value is -1.09. The van der Waals surface area contributed by atoms with Gasteiger partial charge in [0.2, 0.25) is 0 Å². The van der Waals surface area contributed by atoms with Crippen molar-refractivity contribution in [1.82, 2.24) is 0 Å². The predicted octanol–water partition coefficient (Wildman–Crippen LogP) is 12.7. The van der Waals surface area contributed by atoms with Crippen LogP contribution in [0.5, 0.6) is 0 Å². The molecule has 0 unspecified atom stereocenters. The predicted molar refractivity (Wildman–Crippen MR) is 197 cm³/mol. The largest absolute Gasteiger partial charge is 0.481 e. The molecule has 4 rings (SSSR count). The van der Waals surface area contributed by atoms with E-state index >= 15 is 0 Å². The zero-order valence-corrected chi connectivity index (χ0v) is 31.3. The molecule has 0 spiro atoms. The highest BCUT2D eigenvalue weighted by molar-refractivity contribution is 5.66. The highest BCUT2D eigenvalue weighted by Crippen LogP contribution is 2.67. The summed E-state index contributed by atoms with van der Waals surface area (Å²) in [6, 6.07) is 0. The summed E-state index contributed by atoms with van der Waals surface area (Å²) in [6.45, 7) is 14.8. The molecule has 4 aliphatic carbocycles. The van der Waals surface area contributed by atoms with E-state index in [2.05, 4.69) is 59.8 Å². The lowest BCUT2D eigenvalue weighted by molar-refractivity contribution is -0.137. The molecule has 0 saturated heterocycles. The summed E-state index contributed by atoms with van der Waals surface area (Å²) in [4.78, 5) is 10.3. The second-order valence-corrected chi connectivity index (χ2v) is 17.2. The number of aliphatic carboxylic acids is 1. The number of hydrogen-bond donors (Lipinski definition) is 2. The van der Waals surface area contributed by atoms with E-state index in [1.807, 2.05) is 0 Å². The van der Waals surface area contributed by atoms with E-state index in [4.69, 9.17) is 5.11 Å². The normalized spacial score (nSPS) is 32.7. The summed E-state index contributed by atoms with van der Waals surface area (Å²) in [5.41, 5.74) is 2.60. The van der Waals surface area contributed by atoms with Crippen molar-refractivity contribution in [2.75, 3.05) is 0 Å². The molecule has 3 heteroatoms. The third-order valence-corrected chi connectivity index (χ3v) is 13.4. The van der Waals surface area contributed by atoms with Gasteiger partial charge in [0.1, 0.15) is 0 Å². The number of carboxylic acids is 1. The zero-order chi connectivity index (χ0) is 33.6. The van der Waals surface area contributed by atoms with Crippen molar-refractivity contribution >= 4 is 5.97 Å². The van der Waals surface area contributed by atoms with Crippen molar-refractivity contribution in [3.05, 3.63) is 23.8 Å². The molecular weight excluding hydrogens is 564 g/mol. The fourth-order valence-corrected chi connectivity index (χ4v) is 10.7. The molecule has 0 aliphatic heterocycles. The van der Waals surface area contributed by atoms with E-state index in [1.54, 1.807) is 5.57 Å². The molecule has 2 N–H and O–H groups in total. The van der Waals surface area contributed by atoms with E-state index in [0.29, 0.717) is 17.3 Å². The fraction of sp³-hybridized carbons (Fsp3) is 0.884. The quantitative estimate of drug-likeness (QED) is 0.116. The summed E-state index contributed by atoms with van der Waals surface area (Å²) >= 11 is 0. The van der Waals surface area contributed by atoms with Crippen molar-refractivity contribution < 1.29 is 15.0 Å². The van der Waals surface area contributed by atoms with Gasteiger partial charge >= 0.3 is 5.97 Å². The van der Waals surface area contributed by atoms with E-state index < -0.39 is 5.97 Å². The van der Waals surface area contributed by atoms with Crippen molar-refractivity contribution in [3.8, 4) is 0 Å². The number of aliphatic hydroxyl groups excluding tert-OH is 1. The molecule has 0 bridgehead atoms. The van der Waals surface area contributed by atoms with Crippen molar-refractivity contribution in [3.63, 3.8) is 0 Å². The molecule has 4 aliphatic rings. The minimum Gasteiger partial charge on any atom is -0.481 e. The molecule has 3 saturated carbocycles. The lowest BCUT2D eigenvalue weighted by Crippen LogP contribution is -2.50. The van der Waals surface area contributed by atoms with Gasteiger partial charge in [0.25, 0.3) is 0 Å². The van der Waals surface area contributed by atoms with E-state index in [0.717, 1.165) is 61.2 Å². The van der Waals surface area contributed by atoms with E-state index in [-0.39, 0.29) is 6.10 Å².